The van der Waals surface area contributed by atoms with Crippen LogP contribution in [0.25, 0.3) is 0 Å². The van der Waals surface area contributed by atoms with E-state index < -0.39 is 17.7 Å². The van der Waals surface area contributed by atoms with Crippen molar-refractivity contribution in [3.8, 4) is 0 Å². The van der Waals surface area contributed by atoms with Crippen molar-refractivity contribution in [2.24, 2.45) is 5.73 Å². The Hall–Kier alpha value is -1.52. The quantitative estimate of drug-likeness (QED) is 0.928. The highest BCUT2D eigenvalue weighted by atomic mass is 35.5. The number of aromatic nitrogens is 1. The van der Waals surface area contributed by atoms with Gasteiger partial charge in [-0.15, -0.1) is 0 Å². The minimum atomic E-state index is -0.487. The maximum Gasteiger partial charge on any atom is 0.142 e. The van der Waals surface area contributed by atoms with Crippen LogP contribution in [-0.4, -0.2) is 4.98 Å². The maximum atomic E-state index is 13.3. The average molecular weight is 269 g/mol. The molecule has 0 fully saturated rings. The van der Waals surface area contributed by atoms with Gasteiger partial charge in [0.05, 0.1) is 11.2 Å². The zero-order chi connectivity index (χ0) is 13.1. The Bertz CT molecular complexity index is 560. The van der Waals surface area contributed by atoms with Gasteiger partial charge in [-0.25, -0.2) is 8.78 Å². The number of nitrogens with zero attached hydrogens (tertiary/aromatic N) is 1. The number of halogens is 3. The van der Waals surface area contributed by atoms with Crippen LogP contribution in [0.3, 0.4) is 0 Å². The Morgan fingerprint density at radius 1 is 1.28 bits per heavy atom. The van der Waals surface area contributed by atoms with Gasteiger partial charge in [-0.1, -0.05) is 23.7 Å². The number of rotatable bonds is 3. The van der Waals surface area contributed by atoms with Crippen molar-refractivity contribution in [3.63, 3.8) is 0 Å². The Labute approximate surface area is 108 Å². The molecule has 0 aliphatic heterocycles. The maximum absolute atomic E-state index is 13.3. The van der Waals surface area contributed by atoms with E-state index in [1.54, 1.807) is 12.1 Å². The number of hydrogen-bond donors (Lipinski definition) is 1. The third kappa shape index (κ3) is 2.83. The molecule has 5 heteroatoms. The van der Waals surface area contributed by atoms with E-state index in [1.807, 2.05) is 0 Å². The fraction of sp³-hybridized carbons (Fsp3) is 0.154. The van der Waals surface area contributed by atoms with E-state index in [0.717, 1.165) is 6.20 Å². The van der Waals surface area contributed by atoms with Gasteiger partial charge in [-0.2, -0.15) is 0 Å². The topological polar surface area (TPSA) is 38.9 Å². The van der Waals surface area contributed by atoms with Crippen LogP contribution in [0, 0.1) is 11.6 Å². The fourth-order valence-electron chi connectivity index (χ4n) is 1.69. The summed E-state index contributed by atoms with van der Waals surface area (Å²) in [6, 6.07) is 5.37. The Balaban J connectivity index is 2.21. The van der Waals surface area contributed by atoms with Gasteiger partial charge in [-0.05, 0) is 29.7 Å². The largest absolute Gasteiger partial charge is 0.324 e. The molecule has 2 nitrogen and oxygen atoms in total. The van der Waals surface area contributed by atoms with E-state index in [9.17, 15) is 8.78 Å². The van der Waals surface area contributed by atoms with Crippen LogP contribution in [0.1, 0.15) is 17.2 Å². The molecule has 0 amide bonds. The van der Waals surface area contributed by atoms with Crippen LogP contribution in [0.2, 0.25) is 5.02 Å². The summed E-state index contributed by atoms with van der Waals surface area (Å²) < 4.78 is 26.3. The molecule has 18 heavy (non-hydrogen) atoms. The van der Waals surface area contributed by atoms with Crippen LogP contribution < -0.4 is 5.73 Å². The molecule has 2 aromatic rings. The van der Waals surface area contributed by atoms with Gasteiger partial charge in [0.15, 0.2) is 0 Å². The van der Waals surface area contributed by atoms with Crippen molar-refractivity contribution in [3.05, 3.63) is 64.4 Å². The van der Waals surface area contributed by atoms with Crippen LogP contribution in [-0.2, 0) is 6.42 Å². The summed E-state index contributed by atoms with van der Waals surface area (Å²) >= 11 is 5.84. The van der Waals surface area contributed by atoms with Gasteiger partial charge in [0.1, 0.15) is 11.6 Å². The van der Waals surface area contributed by atoms with Gasteiger partial charge in [0.2, 0.25) is 0 Å². The lowest BCUT2D eigenvalue weighted by Crippen LogP contribution is -2.14. The second-order valence-electron chi connectivity index (χ2n) is 3.96. The SMILES string of the molecule is NC(Cc1cccc(F)c1Cl)c1cncc(F)c1. The second kappa shape index (κ2) is 5.42. The first-order valence-corrected chi connectivity index (χ1v) is 5.74. The minimum Gasteiger partial charge on any atom is -0.324 e. The molecular weight excluding hydrogens is 258 g/mol. The van der Waals surface area contributed by atoms with Gasteiger partial charge in [-0.3, -0.25) is 4.98 Å². The molecule has 1 unspecified atom stereocenters. The molecule has 0 saturated carbocycles. The zero-order valence-electron chi connectivity index (χ0n) is 9.41. The number of nitrogens with two attached hydrogens (primary N) is 1. The van der Waals surface area contributed by atoms with Gasteiger partial charge in [0, 0.05) is 12.2 Å². The predicted molar refractivity (Wildman–Crippen MR) is 66.2 cm³/mol. The number of benzene rings is 1. The zero-order valence-corrected chi connectivity index (χ0v) is 10.2. The van der Waals surface area contributed by atoms with Gasteiger partial charge in [0.25, 0.3) is 0 Å². The normalized spacial score (nSPS) is 12.4. The Morgan fingerprint density at radius 3 is 2.78 bits per heavy atom. The van der Waals surface area contributed by atoms with Crippen molar-refractivity contribution >= 4 is 11.6 Å². The number of hydrogen-bond acceptors (Lipinski definition) is 2. The summed E-state index contributed by atoms with van der Waals surface area (Å²) in [5.74, 6) is -0.938. The molecule has 1 aromatic carbocycles. The number of pyridine rings is 1. The molecule has 0 aliphatic carbocycles. The van der Waals surface area contributed by atoms with Gasteiger partial charge >= 0.3 is 0 Å². The molecule has 1 aromatic heterocycles. The average Bonchev–Trinajstić information content (AvgIpc) is 2.35. The molecule has 0 bridgehead atoms. The lowest BCUT2D eigenvalue weighted by molar-refractivity contribution is 0.608. The molecular formula is C13H11ClF2N2. The van der Waals surface area contributed by atoms with Crippen LogP contribution in [0.15, 0.2) is 36.7 Å². The smallest absolute Gasteiger partial charge is 0.142 e. The van der Waals surface area contributed by atoms with E-state index >= 15 is 0 Å². The lowest BCUT2D eigenvalue weighted by Gasteiger charge is -2.13. The first-order chi connectivity index (χ1) is 8.58. The molecule has 2 N–H and O–H groups in total. The minimum absolute atomic E-state index is 0.0531. The molecule has 1 heterocycles. The summed E-state index contributed by atoms with van der Waals surface area (Å²) in [5.41, 5.74) is 7.07. The molecule has 2 rings (SSSR count). The third-order valence-corrected chi connectivity index (χ3v) is 3.05. The van der Waals surface area contributed by atoms with E-state index in [2.05, 4.69) is 4.98 Å². The fourth-order valence-corrected chi connectivity index (χ4v) is 1.90. The second-order valence-corrected chi connectivity index (χ2v) is 4.34. The summed E-state index contributed by atoms with van der Waals surface area (Å²) in [5, 5.41) is 0.0531. The van der Waals surface area contributed by atoms with Crippen molar-refractivity contribution in [2.75, 3.05) is 0 Å². The van der Waals surface area contributed by atoms with E-state index in [0.29, 0.717) is 17.5 Å². The lowest BCUT2D eigenvalue weighted by atomic mass is 10.0. The van der Waals surface area contributed by atoms with Crippen molar-refractivity contribution in [1.82, 2.24) is 4.98 Å². The summed E-state index contributed by atoms with van der Waals surface area (Å²) in [6.45, 7) is 0. The molecule has 1 atom stereocenters. The highest BCUT2D eigenvalue weighted by molar-refractivity contribution is 6.31. The first kappa shape index (κ1) is 12.9. The van der Waals surface area contributed by atoms with E-state index in [1.165, 1.54) is 18.3 Å². The van der Waals surface area contributed by atoms with Crippen molar-refractivity contribution in [2.45, 2.75) is 12.5 Å². The molecule has 0 aliphatic rings. The molecule has 0 spiro atoms. The Kier molecular flexibility index (Phi) is 3.89. The summed E-state index contributed by atoms with van der Waals surface area (Å²) in [4.78, 5) is 3.72. The Morgan fingerprint density at radius 2 is 2.06 bits per heavy atom. The van der Waals surface area contributed by atoms with Crippen LogP contribution in [0.4, 0.5) is 8.78 Å². The third-order valence-electron chi connectivity index (χ3n) is 2.63. The van der Waals surface area contributed by atoms with Crippen LogP contribution in [0.5, 0.6) is 0 Å². The van der Waals surface area contributed by atoms with Crippen molar-refractivity contribution < 1.29 is 8.78 Å². The van der Waals surface area contributed by atoms with E-state index in [4.69, 9.17) is 17.3 Å². The summed E-state index contributed by atoms with van der Waals surface area (Å²) in [7, 11) is 0. The highest BCUT2D eigenvalue weighted by Gasteiger charge is 2.12. The highest BCUT2D eigenvalue weighted by Crippen LogP contribution is 2.24. The van der Waals surface area contributed by atoms with Gasteiger partial charge < -0.3 is 5.73 Å². The monoisotopic (exact) mass is 268 g/mol. The molecule has 94 valence electrons. The predicted octanol–water partition coefficient (Wildman–Crippen LogP) is 3.26. The van der Waals surface area contributed by atoms with Crippen LogP contribution >= 0.6 is 11.6 Å². The standard InChI is InChI=1S/C13H11ClF2N2/c14-13-8(2-1-3-11(13)16)5-12(17)9-4-10(15)7-18-6-9/h1-4,6-7,12H,5,17H2. The first-order valence-electron chi connectivity index (χ1n) is 5.37. The van der Waals surface area contributed by atoms with Crippen molar-refractivity contribution in [1.29, 1.82) is 0 Å². The van der Waals surface area contributed by atoms with E-state index in [-0.39, 0.29) is 5.02 Å². The molecule has 0 radical (unpaired) electrons. The molecule has 0 saturated heterocycles. The summed E-state index contributed by atoms with van der Waals surface area (Å²) in [6.07, 6.45) is 2.91.